The van der Waals surface area contributed by atoms with Crippen molar-refractivity contribution in [3.8, 4) is 22.5 Å². The molecule has 4 aromatic rings. The predicted octanol–water partition coefficient (Wildman–Crippen LogP) is 3.94. The number of nitrogens with zero attached hydrogens (tertiary/aromatic N) is 7. The smallest absolute Gasteiger partial charge is 0.205 e. The molecule has 0 amide bonds. The minimum atomic E-state index is 0.568. The molecule has 30 heavy (non-hydrogen) atoms. The number of H-pyrrole nitrogens is 1. The molecule has 0 atom stereocenters. The first-order valence-corrected chi connectivity index (χ1v) is 10.4. The number of aromatic nitrogens is 8. The van der Waals surface area contributed by atoms with Crippen molar-refractivity contribution >= 4 is 0 Å². The standard InChI is InChI=1S/C22H26N8/c1-3-16(4-2)9-12-21-24-15-30(27-21)14-18-11-10-17(13-23-18)19-7-5-6-8-20(19)22-25-28-29-26-22/h5-8,10-11,13,15-16H,3-4,9,12,14H2,1-2H3,(H,25,26,28,29). The van der Waals surface area contributed by atoms with Crippen LogP contribution in [0.4, 0.5) is 0 Å². The monoisotopic (exact) mass is 402 g/mol. The van der Waals surface area contributed by atoms with Crippen molar-refractivity contribution in [2.45, 2.75) is 46.1 Å². The maximum Gasteiger partial charge on any atom is 0.205 e. The van der Waals surface area contributed by atoms with E-state index in [4.69, 9.17) is 0 Å². The minimum absolute atomic E-state index is 0.568. The molecule has 0 saturated carbocycles. The first kappa shape index (κ1) is 19.9. The summed E-state index contributed by atoms with van der Waals surface area (Å²) < 4.78 is 1.86. The van der Waals surface area contributed by atoms with Gasteiger partial charge in [0.05, 0.1) is 12.2 Å². The Hall–Kier alpha value is -3.42. The van der Waals surface area contributed by atoms with Gasteiger partial charge in [-0.2, -0.15) is 10.3 Å². The molecule has 3 heterocycles. The van der Waals surface area contributed by atoms with Crippen LogP contribution in [0.15, 0.2) is 48.9 Å². The lowest BCUT2D eigenvalue weighted by molar-refractivity contribution is 0.450. The highest BCUT2D eigenvalue weighted by atomic mass is 15.5. The summed E-state index contributed by atoms with van der Waals surface area (Å²) in [5.74, 6) is 2.23. The van der Waals surface area contributed by atoms with E-state index in [0.717, 1.165) is 47.0 Å². The Balaban J connectivity index is 1.44. The molecule has 0 fully saturated rings. The SMILES string of the molecule is CCC(CC)CCc1ncn(Cc2ccc(-c3ccccc3-c3nn[nH]n3)cn2)n1. The number of aryl methyl sites for hydroxylation is 1. The Bertz CT molecular complexity index is 1050. The lowest BCUT2D eigenvalue weighted by Crippen LogP contribution is -2.04. The van der Waals surface area contributed by atoms with Crippen molar-refractivity contribution in [2.24, 2.45) is 5.92 Å². The van der Waals surface area contributed by atoms with Crippen molar-refractivity contribution in [3.63, 3.8) is 0 Å². The van der Waals surface area contributed by atoms with Crippen LogP contribution in [0.2, 0.25) is 0 Å². The zero-order valence-corrected chi connectivity index (χ0v) is 17.4. The van der Waals surface area contributed by atoms with Gasteiger partial charge in [0.25, 0.3) is 0 Å². The van der Waals surface area contributed by atoms with Crippen LogP contribution in [-0.2, 0) is 13.0 Å². The zero-order chi connectivity index (χ0) is 20.8. The van der Waals surface area contributed by atoms with Crippen LogP contribution in [0.25, 0.3) is 22.5 Å². The van der Waals surface area contributed by atoms with E-state index >= 15 is 0 Å². The summed E-state index contributed by atoms with van der Waals surface area (Å²) in [4.78, 5) is 9.09. The largest absolute Gasteiger partial charge is 0.259 e. The fourth-order valence-electron chi connectivity index (χ4n) is 3.60. The number of nitrogens with one attached hydrogen (secondary N) is 1. The number of aromatic amines is 1. The van der Waals surface area contributed by atoms with Gasteiger partial charge in [-0.1, -0.05) is 57.0 Å². The number of benzene rings is 1. The Kier molecular flexibility index (Phi) is 6.22. The lowest BCUT2D eigenvalue weighted by Gasteiger charge is -2.09. The van der Waals surface area contributed by atoms with Gasteiger partial charge in [-0.25, -0.2) is 9.67 Å². The van der Waals surface area contributed by atoms with Gasteiger partial charge in [0.15, 0.2) is 5.82 Å². The molecule has 0 aliphatic rings. The highest BCUT2D eigenvalue weighted by Gasteiger charge is 2.11. The molecule has 0 bridgehead atoms. The fourth-order valence-corrected chi connectivity index (χ4v) is 3.60. The summed E-state index contributed by atoms with van der Waals surface area (Å²) in [5, 5.41) is 19.0. The number of pyridine rings is 1. The Labute approximate surface area is 175 Å². The van der Waals surface area contributed by atoms with Crippen LogP contribution >= 0.6 is 0 Å². The van der Waals surface area contributed by atoms with Crippen LogP contribution < -0.4 is 0 Å². The van der Waals surface area contributed by atoms with Gasteiger partial charge < -0.3 is 0 Å². The molecular formula is C22H26N8. The van der Waals surface area contributed by atoms with Crippen LogP contribution in [0, 0.1) is 5.92 Å². The molecule has 4 rings (SSSR count). The molecule has 0 aliphatic carbocycles. The molecule has 1 N–H and O–H groups in total. The van der Waals surface area contributed by atoms with Gasteiger partial charge in [0.2, 0.25) is 5.82 Å². The highest BCUT2D eigenvalue weighted by Crippen LogP contribution is 2.29. The summed E-state index contributed by atoms with van der Waals surface area (Å²) in [5.41, 5.74) is 3.87. The second-order valence-electron chi connectivity index (χ2n) is 7.40. The van der Waals surface area contributed by atoms with Gasteiger partial charge in [0.1, 0.15) is 6.33 Å². The molecule has 8 nitrogen and oxygen atoms in total. The first-order chi connectivity index (χ1) is 14.8. The van der Waals surface area contributed by atoms with E-state index in [1.54, 1.807) is 6.33 Å². The number of hydrogen-bond acceptors (Lipinski definition) is 6. The number of rotatable bonds is 9. The summed E-state index contributed by atoms with van der Waals surface area (Å²) >= 11 is 0. The summed E-state index contributed by atoms with van der Waals surface area (Å²) in [6, 6.07) is 12.0. The van der Waals surface area contributed by atoms with Crippen LogP contribution in [0.3, 0.4) is 0 Å². The molecule has 0 aliphatic heterocycles. The van der Waals surface area contributed by atoms with Crippen LogP contribution in [0.5, 0.6) is 0 Å². The van der Waals surface area contributed by atoms with Crippen molar-refractivity contribution in [1.29, 1.82) is 0 Å². The Morgan fingerprint density at radius 2 is 1.83 bits per heavy atom. The van der Waals surface area contributed by atoms with Crippen molar-refractivity contribution in [3.05, 3.63) is 60.4 Å². The molecule has 0 saturated heterocycles. The van der Waals surface area contributed by atoms with E-state index in [2.05, 4.69) is 55.6 Å². The average molecular weight is 403 g/mol. The van der Waals surface area contributed by atoms with Crippen molar-refractivity contribution < 1.29 is 0 Å². The maximum absolute atomic E-state index is 4.63. The second-order valence-corrected chi connectivity index (χ2v) is 7.40. The number of tetrazole rings is 1. The molecule has 1 aromatic carbocycles. The third kappa shape index (κ3) is 4.59. The normalized spacial score (nSPS) is 11.3. The zero-order valence-electron chi connectivity index (χ0n) is 17.4. The van der Waals surface area contributed by atoms with Gasteiger partial charge >= 0.3 is 0 Å². The molecule has 154 valence electrons. The van der Waals surface area contributed by atoms with Crippen molar-refractivity contribution in [2.75, 3.05) is 0 Å². The highest BCUT2D eigenvalue weighted by molar-refractivity contribution is 5.79. The molecule has 8 heteroatoms. The van der Waals surface area contributed by atoms with E-state index < -0.39 is 0 Å². The summed E-state index contributed by atoms with van der Waals surface area (Å²) in [6.45, 7) is 5.09. The molecule has 0 unspecified atom stereocenters. The van der Waals surface area contributed by atoms with E-state index in [9.17, 15) is 0 Å². The quantitative estimate of drug-likeness (QED) is 0.455. The molecule has 3 aromatic heterocycles. The third-order valence-electron chi connectivity index (χ3n) is 5.49. The van der Waals surface area contributed by atoms with E-state index in [1.807, 2.05) is 41.2 Å². The third-order valence-corrected chi connectivity index (χ3v) is 5.49. The van der Waals surface area contributed by atoms with E-state index in [1.165, 1.54) is 12.8 Å². The second kappa shape index (κ2) is 9.39. The minimum Gasteiger partial charge on any atom is -0.259 e. The lowest BCUT2D eigenvalue weighted by atomic mass is 9.97. The predicted molar refractivity (Wildman–Crippen MR) is 114 cm³/mol. The van der Waals surface area contributed by atoms with Crippen LogP contribution in [-0.4, -0.2) is 40.4 Å². The maximum atomic E-state index is 4.63. The van der Waals surface area contributed by atoms with Gasteiger partial charge in [-0.3, -0.25) is 4.98 Å². The molecule has 0 spiro atoms. The van der Waals surface area contributed by atoms with Gasteiger partial charge in [-0.15, -0.1) is 10.2 Å². The topological polar surface area (TPSA) is 98.1 Å². The molecule has 0 radical (unpaired) electrons. The van der Waals surface area contributed by atoms with E-state index in [0.29, 0.717) is 12.4 Å². The van der Waals surface area contributed by atoms with Gasteiger partial charge in [-0.05, 0) is 29.2 Å². The van der Waals surface area contributed by atoms with Gasteiger partial charge in [0, 0.05) is 23.7 Å². The fraction of sp³-hybridized carbons (Fsp3) is 0.364. The van der Waals surface area contributed by atoms with E-state index in [-0.39, 0.29) is 0 Å². The Morgan fingerprint density at radius 1 is 1.00 bits per heavy atom. The average Bonchev–Trinajstić information content (AvgIpc) is 3.48. The Morgan fingerprint density at radius 3 is 2.53 bits per heavy atom. The van der Waals surface area contributed by atoms with Crippen molar-refractivity contribution in [1.82, 2.24) is 40.4 Å². The van der Waals surface area contributed by atoms with Crippen LogP contribution in [0.1, 0.15) is 44.6 Å². The number of hydrogen-bond donors (Lipinski definition) is 1. The molecular weight excluding hydrogens is 376 g/mol. The first-order valence-electron chi connectivity index (χ1n) is 10.4. The summed E-state index contributed by atoms with van der Waals surface area (Å²) in [7, 11) is 0. The summed E-state index contributed by atoms with van der Waals surface area (Å²) in [6.07, 6.45) is 8.16.